The van der Waals surface area contributed by atoms with Crippen molar-refractivity contribution >= 4 is 5.69 Å². The van der Waals surface area contributed by atoms with E-state index in [4.69, 9.17) is 0 Å². The summed E-state index contributed by atoms with van der Waals surface area (Å²) in [6.07, 6.45) is 1.87. The fourth-order valence-corrected chi connectivity index (χ4v) is 1.23. The van der Waals surface area contributed by atoms with Gasteiger partial charge in [-0.25, -0.2) is 0 Å². The monoisotopic (exact) mass is 190 g/mol. The third-order valence-corrected chi connectivity index (χ3v) is 2.07. The van der Waals surface area contributed by atoms with Gasteiger partial charge in [-0.2, -0.15) is 0 Å². The Morgan fingerprint density at radius 3 is 2.43 bits per heavy atom. The van der Waals surface area contributed by atoms with Crippen LogP contribution in [-0.4, -0.2) is 20.6 Å². The van der Waals surface area contributed by atoms with Gasteiger partial charge < -0.3 is 10.2 Å². The maximum atomic E-state index is 3.66. The maximum Gasteiger partial charge on any atom is 0.0361 e. The maximum absolute atomic E-state index is 3.66. The van der Waals surface area contributed by atoms with Gasteiger partial charge in [0.25, 0.3) is 0 Å². The third-order valence-electron chi connectivity index (χ3n) is 2.07. The van der Waals surface area contributed by atoms with Gasteiger partial charge in [-0.1, -0.05) is 18.2 Å². The van der Waals surface area contributed by atoms with E-state index in [9.17, 15) is 0 Å². The van der Waals surface area contributed by atoms with Gasteiger partial charge in [0.15, 0.2) is 0 Å². The summed E-state index contributed by atoms with van der Waals surface area (Å²) in [6, 6.07) is 8.55. The summed E-state index contributed by atoms with van der Waals surface area (Å²) in [5.74, 6) is 0. The Kier molecular flexibility index (Phi) is 4.20. The molecule has 0 amide bonds. The fourth-order valence-electron chi connectivity index (χ4n) is 1.23. The molecule has 0 saturated carbocycles. The van der Waals surface area contributed by atoms with E-state index in [0.717, 1.165) is 13.1 Å². The summed E-state index contributed by atoms with van der Waals surface area (Å²) in [5.41, 5.74) is 2.54. The Bertz CT molecular complexity index is 275. The van der Waals surface area contributed by atoms with Gasteiger partial charge in [0, 0.05) is 32.9 Å². The Morgan fingerprint density at radius 1 is 1.29 bits per heavy atom. The molecule has 0 aliphatic rings. The number of hydrogen-bond donors (Lipinski definition) is 1. The Balaban J connectivity index is 2.51. The van der Waals surface area contributed by atoms with E-state index in [-0.39, 0.29) is 0 Å². The summed E-state index contributed by atoms with van der Waals surface area (Å²) in [4.78, 5) is 2.10. The van der Waals surface area contributed by atoms with Crippen molar-refractivity contribution in [3.63, 3.8) is 0 Å². The molecule has 0 atom stereocenters. The highest BCUT2D eigenvalue weighted by atomic mass is 15.1. The summed E-state index contributed by atoms with van der Waals surface area (Å²) in [5, 5.41) is 3.27. The van der Waals surface area contributed by atoms with Gasteiger partial charge in [-0.15, -0.1) is 6.58 Å². The third kappa shape index (κ3) is 3.23. The molecule has 0 aliphatic heterocycles. The molecule has 0 radical (unpaired) electrons. The van der Waals surface area contributed by atoms with E-state index in [2.05, 4.69) is 41.1 Å². The first-order valence-corrected chi connectivity index (χ1v) is 4.82. The average Bonchev–Trinajstić information content (AvgIpc) is 2.19. The second kappa shape index (κ2) is 5.45. The van der Waals surface area contributed by atoms with Crippen LogP contribution in [0.15, 0.2) is 36.9 Å². The average molecular weight is 190 g/mol. The van der Waals surface area contributed by atoms with E-state index in [1.165, 1.54) is 11.3 Å². The Morgan fingerprint density at radius 2 is 1.93 bits per heavy atom. The summed E-state index contributed by atoms with van der Waals surface area (Å²) < 4.78 is 0. The van der Waals surface area contributed by atoms with E-state index >= 15 is 0 Å². The second-order valence-electron chi connectivity index (χ2n) is 3.48. The smallest absolute Gasteiger partial charge is 0.0361 e. The normalized spacial score (nSPS) is 9.86. The van der Waals surface area contributed by atoms with Gasteiger partial charge in [-0.05, 0) is 17.7 Å². The summed E-state index contributed by atoms with van der Waals surface area (Å²) in [6.45, 7) is 5.42. The van der Waals surface area contributed by atoms with E-state index < -0.39 is 0 Å². The molecule has 0 fully saturated rings. The number of nitrogens with one attached hydrogen (secondary N) is 1. The van der Waals surface area contributed by atoms with Crippen LogP contribution in [0.3, 0.4) is 0 Å². The van der Waals surface area contributed by atoms with Crippen LogP contribution in [0.5, 0.6) is 0 Å². The lowest BCUT2D eigenvalue weighted by Gasteiger charge is -2.12. The molecule has 1 rings (SSSR count). The highest BCUT2D eigenvalue weighted by molar-refractivity contribution is 5.45. The molecule has 1 aromatic carbocycles. The van der Waals surface area contributed by atoms with Crippen molar-refractivity contribution in [1.29, 1.82) is 0 Å². The van der Waals surface area contributed by atoms with Crippen LogP contribution in [0.2, 0.25) is 0 Å². The van der Waals surface area contributed by atoms with Gasteiger partial charge in [-0.3, -0.25) is 0 Å². The zero-order chi connectivity index (χ0) is 10.4. The first-order valence-electron chi connectivity index (χ1n) is 4.82. The Labute approximate surface area is 86.2 Å². The largest absolute Gasteiger partial charge is 0.378 e. The van der Waals surface area contributed by atoms with Gasteiger partial charge in [0.1, 0.15) is 0 Å². The first-order chi connectivity index (χ1) is 6.74. The van der Waals surface area contributed by atoms with Crippen LogP contribution in [0.1, 0.15) is 5.56 Å². The molecule has 0 heterocycles. The van der Waals surface area contributed by atoms with Crippen LogP contribution in [0, 0.1) is 0 Å². The minimum Gasteiger partial charge on any atom is -0.378 e. The van der Waals surface area contributed by atoms with Crippen molar-refractivity contribution in [3.05, 3.63) is 42.5 Å². The van der Waals surface area contributed by atoms with Crippen molar-refractivity contribution in [2.45, 2.75) is 6.54 Å². The van der Waals surface area contributed by atoms with Crippen LogP contribution >= 0.6 is 0 Å². The topological polar surface area (TPSA) is 15.3 Å². The van der Waals surface area contributed by atoms with Crippen molar-refractivity contribution in [1.82, 2.24) is 5.32 Å². The molecule has 1 N–H and O–H groups in total. The molecular formula is C12H18N2. The van der Waals surface area contributed by atoms with Crippen LogP contribution in [-0.2, 0) is 6.54 Å². The highest BCUT2D eigenvalue weighted by Gasteiger charge is 1.94. The lowest BCUT2D eigenvalue weighted by molar-refractivity contribution is 0.760. The molecule has 0 bridgehead atoms. The molecule has 1 aromatic rings. The number of nitrogens with zero attached hydrogens (tertiary/aromatic N) is 1. The van der Waals surface area contributed by atoms with Gasteiger partial charge >= 0.3 is 0 Å². The minimum atomic E-state index is 0.857. The number of rotatable bonds is 5. The molecule has 0 aliphatic carbocycles. The first kappa shape index (κ1) is 10.8. The fraction of sp³-hybridized carbons (Fsp3) is 0.333. The van der Waals surface area contributed by atoms with Gasteiger partial charge in [0.2, 0.25) is 0 Å². The van der Waals surface area contributed by atoms with Crippen LogP contribution in [0.25, 0.3) is 0 Å². The molecule has 0 aromatic heterocycles. The molecular weight excluding hydrogens is 172 g/mol. The molecule has 76 valence electrons. The highest BCUT2D eigenvalue weighted by Crippen LogP contribution is 2.11. The van der Waals surface area contributed by atoms with Crippen LogP contribution < -0.4 is 10.2 Å². The van der Waals surface area contributed by atoms with Crippen molar-refractivity contribution in [2.75, 3.05) is 25.5 Å². The standard InChI is InChI=1S/C12H18N2/c1-4-9-13-10-11-5-7-12(8-6-11)14(2)3/h4-8,13H,1,9-10H2,2-3H3. The second-order valence-corrected chi connectivity index (χ2v) is 3.48. The van der Waals surface area contributed by atoms with E-state index in [0.29, 0.717) is 0 Å². The predicted molar refractivity (Wildman–Crippen MR) is 62.7 cm³/mol. The number of hydrogen-bond acceptors (Lipinski definition) is 2. The molecule has 0 unspecified atom stereocenters. The lowest BCUT2D eigenvalue weighted by atomic mass is 10.2. The molecule has 0 saturated heterocycles. The van der Waals surface area contributed by atoms with Crippen molar-refractivity contribution in [3.8, 4) is 0 Å². The zero-order valence-electron chi connectivity index (χ0n) is 8.96. The lowest BCUT2D eigenvalue weighted by Crippen LogP contribution is -2.13. The molecule has 14 heavy (non-hydrogen) atoms. The molecule has 2 heteroatoms. The van der Waals surface area contributed by atoms with Gasteiger partial charge in [0.05, 0.1) is 0 Å². The van der Waals surface area contributed by atoms with E-state index in [1.807, 2.05) is 20.2 Å². The SMILES string of the molecule is C=CCNCc1ccc(N(C)C)cc1. The summed E-state index contributed by atoms with van der Waals surface area (Å²) >= 11 is 0. The van der Waals surface area contributed by atoms with Crippen molar-refractivity contribution in [2.24, 2.45) is 0 Å². The minimum absolute atomic E-state index is 0.857. The predicted octanol–water partition coefficient (Wildman–Crippen LogP) is 2.03. The van der Waals surface area contributed by atoms with Crippen LogP contribution in [0.4, 0.5) is 5.69 Å². The van der Waals surface area contributed by atoms with E-state index in [1.54, 1.807) is 0 Å². The number of anilines is 1. The molecule has 2 nitrogen and oxygen atoms in total. The van der Waals surface area contributed by atoms with Crippen molar-refractivity contribution < 1.29 is 0 Å². The summed E-state index contributed by atoms with van der Waals surface area (Å²) in [7, 11) is 4.09. The number of benzene rings is 1. The zero-order valence-corrected chi connectivity index (χ0v) is 8.96. The Hall–Kier alpha value is -1.28. The molecule has 0 spiro atoms. The quantitative estimate of drug-likeness (QED) is 0.564.